The van der Waals surface area contributed by atoms with Crippen LogP contribution in [0.1, 0.15) is 29.8 Å². The van der Waals surface area contributed by atoms with Crippen molar-refractivity contribution in [1.82, 2.24) is 14.9 Å². The predicted octanol–water partition coefficient (Wildman–Crippen LogP) is 2.06. The summed E-state index contributed by atoms with van der Waals surface area (Å²) in [6.45, 7) is 1.58. The molecule has 1 heterocycles. The van der Waals surface area contributed by atoms with Crippen LogP contribution in [0.4, 0.5) is 0 Å². The molecule has 0 aliphatic heterocycles. The zero-order chi connectivity index (χ0) is 13.1. The second kappa shape index (κ2) is 5.25. The second-order valence-electron chi connectivity index (χ2n) is 4.94. The molecule has 2 aromatic rings. The Labute approximate surface area is 112 Å². The summed E-state index contributed by atoms with van der Waals surface area (Å²) in [5.41, 5.74) is 1.83. The highest BCUT2D eigenvalue weighted by atomic mass is 15.1. The number of hydrogen-bond donors (Lipinski definition) is 1. The normalized spacial score (nSPS) is 14.3. The van der Waals surface area contributed by atoms with Crippen molar-refractivity contribution >= 4 is 0 Å². The molecule has 4 heteroatoms. The van der Waals surface area contributed by atoms with Gasteiger partial charge in [-0.2, -0.15) is 5.26 Å². The molecule has 1 aromatic carbocycles. The van der Waals surface area contributed by atoms with Crippen molar-refractivity contribution in [3.8, 4) is 6.07 Å². The van der Waals surface area contributed by atoms with Crippen molar-refractivity contribution in [3.05, 3.63) is 53.6 Å². The largest absolute Gasteiger partial charge is 0.329 e. The van der Waals surface area contributed by atoms with Crippen LogP contribution in [0.15, 0.2) is 36.7 Å². The maximum Gasteiger partial charge on any atom is 0.122 e. The predicted molar refractivity (Wildman–Crippen MR) is 72.3 cm³/mol. The van der Waals surface area contributed by atoms with Crippen LogP contribution >= 0.6 is 0 Å². The maximum atomic E-state index is 8.92. The lowest BCUT2D eigenvalue weighted by atomic mass is 10.1. The summed E-state index contributed by atoms with van der Waals surface area (Å²) < 4.78 is 2.13. The van der Waals surface area contributed by atoms with Crippen molar-refractivity contribution < 1.29 is 0 Å². The number of nitrogens with zero attached hydrogens (tertiary/aromatic N) is 3. The number of rotatable bonds is 5. The molecule has 0 bridgehead atoms. The molecule has 1 aliphatic carbocycles. The quantitative estimate of drug-likeness (QED) is 0.886. The highest BCUT2D eigenvalue weighted by Crippen LogP contribution is 2.19. The number of nitrogens with one attached hydrogen (secondary N) is 1. The number of benzene rings is 1. The molecule has 0 saturated heterocycles. The Morgan fingerprint density at radius 1 is 1.42 bits per heavy atom. The van der Waals surface area contributed by atoms with Crippen LogP contribution in [0.25, 0.3) is 0 Å². The van der Waals surface area contributed by atoms with E-state index in [4.69, 9.17) is 5.26 Å². The van der Waals surface area contributed by atoms with E-state index in [0.717, 1.165) is 24.5 Å². The Hall–Kier alpha value is -2.12. The highest BCUT2D eigenvalue weighted by molar-refractivity contribution is 5.32. The molecule has 1 saturated carbocycles. The Kier molecular flexibility index (Phi) is 3.30. The van der Waals surface area contributed by atoms with Crippen molar-refractivity contribution in [2.45, 2.75) is 32.0 Å². The van der Waals surface area contributed by atoms with Gasteiger partial charge in [0.15, 0.2) is 0 Å². The van der Waals surface area contributed by atoms with Crippen LogP contribution in [-0.4, -0.2) is 15.6 Å². The molecule has 0 unspecified atom stereocenters. The van der Waals surface area contributed by atoms with Gasteiger partial charge in [0.05, 0.1) is 18.2 Å². The SMILES string of the molecule is N#Cc1cccc(Cn2ccnc2CNC2CC2)c1. The number of hydrogen-bond acceptors (Lipinski definition) is 3. The van der Waals surface area contributed by atoms with Crippen molar-refractivity contribution in [1.29, 1.82) is 5.26 Å². The molecule has 0 radical (unpaired) electrons. The van der Waals surface area contributed by atoms with E-state index in [0.29, 0.717) is 11.6 Å². The summed E-state index contributed by atoms with van der Waals surface area (Å²) in [6.07, 6.45) is 6.39. The average molecular weight is 252 g/mol. The monoisotopic (exact) mass is 252 g/mol. The number of imidazole rings is 1. The molecule has 0 spiro atoms. The zero-order valence-corrected chi connectivity index (χ0v) is 10.7. The third-order valence-electron chi connectivity index (χ3n) is 3.34. The minimum atomic E-state index is 0.687. The van der Waals surface area contributed by atoms with Crippen LogP contribution < -0.4 is 5.32 Å². The van der Waals surface area contributed by atoms with Crippen molar-refractivity contribution in [2.75, 3.05) is 0 Å². The average Bonchev–Trinajstić information content (AvgIpc) is 3.17. The fraction of sp³-hybridized carbons (Fsp3) is 0.333. The van der Waals surface area contributed by atoms with Gasteiger partial charge in [-0.1, -0.05) is 12.1 Å². The summed E-state index contributed by atoms with van der Waals surface area (Å²) in [5, 5.41) is 12.4. The number of aromatic nitrogens is 2. The summed E-state index contributed by atoms with van der Waals surface area (Å²) in [7, 11) is 0. The summed E-state index contributed by atoms with van der Waals surface area (Å²) in [4.78, 5) is 4.39. The molecular formula is C15H16N4. The first-order valence-electron chi connectivity index (χ1n) is 6.57. The second-order valence-corrected chi connectivity index (χ2v) is 4.94. The van der Waals surface area contributed by atoms with Crippen molar-refractivity contribution in [3.63, 3.8) is 0 Å². The van der Waals surface area contributed by atoms with Gasteiger partial charge in [-0.3, -0.25) is 0 Å². The molecule has 0 atom stereocenters. The van der Waals surface area contributed by atoms with Crippen LogP contribution in [0.2, 0.25) is 0 Å². The number of nitriles is 1. The van der Waals surface area contributed by atoms with E-state index in [1.807, 2.05) is 36.7 Å². The Bertz CT molecular complexity index is 605. The van der Waals surface area contributed by atoms with Gasteiger partial charge in [-0.15, -0.1) is 0 Å². The first kappa shape index (κ1) is 11.9. The maximum absolute atomic E-state index is 8.92. The first-order chi connectivity index (χ1) is 9.35. The molecule has 1 aromatic heterocycles. The van der Waals surface area contributed by atoms with Gasteiger partial charge in [0.1, 0.15) is 5.82 Å². The molecule has 4 nitrogen and oxygen atoms in total. The lowest BCUT2D eigenvalue weighted by Gasteiger charge is -2.09. The van der Waals surface area contributed by atoms with Crippen LogP contribution in [-0.2, 0) is 13.1 Å². The van der Waals surface area contributed by atoms with E-state index in [2.05, 4.69) is 20.9 Å². The minimum absolute atomic E-state index is 0.687. The smallest absolute Gasteiger partial charge is 0.122 e. The van der Waals surface area contributed by atoms with E-state index in [1.54, 1.807) is 0 Å². The van der Waals surface area contributed by atoms with E-state index in [9.17, 15) is 0 Å². The van der Waals surface area contributed by atoms with Gasteiger partial charge in [-0.05, 0) is 30.5 Å². The zero-order valence-electron chi connectivity index (χ0n) is 10.7. The van der Waals surface area contributed by atoms with Gasteiger partial charge in [0.25, 0.3) is 0 Å². The molecule has 1 aliphatic rings. The lowest BCUT2D eigenvalue weighted by molar-refractivity contribution is 0.618. The van der Waals surface area contributed by atoms with E-state index in [1.165, 1.54) is 12.8 Å². The minimum Gasteiger partial charge on any atom is -0.329 e. The van der Waals surface area contributed by atoms with Crippen molar-refractivity contribution in [2.24, 2.45) is 0 Å². The Morgan fingerprint density at radius 2 is 2.32 bits per heavy atom. The third-order valence-corrected chi connectivity index (χ3v) is 3.34. The van der Waals surface area contributed by atoms with Gasteiger partial charge < -0.3 is 9.88 Å². The molecule has 19 heavy (non-hydrogen) atoms. The van der Waals surface area contributed by atoms with Crippen LogP contribution in [0.5, 0.6) is 0 Å². The summed E-state index contributed by atoms with van der Waals surface area (Å²) in [6, 6.07) is 10.6. The molecular weight excluding hydrogens is 236 g/mol. The Balaban J connectivity index is 1.71. The molecule has 0 amide bonds. The van der Waals surface area contributed by atoms with E-state index < -0.39 is 0 Å². The third kappa shape index (κ3) is 3.01. The lowest BCUT2D eigenvalue weighted by Crippen LogP contribution is -2.19. The molecule has 1 N–H and O–H groups in total. The van der Waals surface area contributed by atoms with E-state index >= 15 is 0 Å². The van der Waals surface area contributed by atoms with E-state index in [-0.39, 0.29) is 0 Å². The molecule has 1 fully saturated rings. The van der Waals surface area contributed by atoms with Crippen LogP contribution in [0.3, 0.4) is 0 Å². The molecule has 3 rings (SSSR count). The van der Waals surface area contributed by atoms with Crippen LogP contribution in [0, 0.1) is 11.3 Å². The van der Waals surface area contributed by atoms with Gasteiger partial charge >= 0.3 is 0 Å². The highest BCUT2D eigenvalue weighted by Gasteiger charge is 2.20. The van der Waals surface area contributed by atoms with Gasteiger partial charge in [0.2, 0.25) is 0 Å². The summed E-state index contributed by atoms with van der Waals surface area (Å²) in [5.74, 6) is 1.05. The van der Waals surface area contributed by atoms with Gasteiger partial charge in [-0.25, -0.2) is 4.98 Å². The fourth-order valence-corrected chi connectivity index (χ4v) is 2.11. The fourth-order valence-electron chi connectivity index (χ4n) is 2.11. The standard InChI is InChI=1S/C15H16N4/c16-9-12-2-1-3-13(8-12)11-19-7-6-17-15(19)10-18-14-4-5-14/h1-3,6-8,14,18H,4-5,10-11H2. The topological polar surface area (TPSA) is 53.6 Å². The first-order valence-corrected chi connectivity index (χ1v) is 6.57. The van der Waals surface area contributed by atoms with Gasteiger partial charge in [0, 0.05) is 25.0 Å². The Morgan fingerprint density at radius 3 is 3.11 bits per heavy atom. The summed E-state index contributed by atoms with van der Waals surface area (Å²) >= 11 is 0. The molecule has 96 valence electrons.